The van der Waals surface area contributed by atoms with Gasteiger partial charge < -0.3 is 24.3 Å². The second-order valence-electron chi connectivity index (χ2n) is 10.2. The predicted octanol–water partition coefficient (Wildman–Crippen LogP) is 7.38. The van der Waals surface area contributed by atoms with Gasteiger partial charge in [0.2, 0.25) is 0 Å². The normalized spacial score (nSPS) is 16.2. The molecule has 3 aromatic carbocycles. The lowest BCUT2D eigenvalue weighted by Gasteiger charge is -2.28. The minimum absolute atomic E-state index is 0.0327. The van der Waals surface area contributed by atoms with Gasteiger partial charge in [-0.2, -0.15) is 0 Å². The number of non-ortho nitro benzene ring substituents is 1. The number of hydrogen-bond donors (Lipinski definition) is 1. The largest absolute Gasteiger partial charge is 0.494 e. The number of nitro groups is 1. The molecule has 1 aliphatic heterocycles. The van der Waals surface area contributed by atoms with Gasteiger partial charge in [0.15, 0.2) is 5.11 Å². The molecule has 2 atom stereocenters. The van der Waals surface area contributed by atoms with E-state index < -0.39 is 4.92 Å². The zero-order valence-corrected chi connectivity index (χ0v) is 24.6. The molecular weight excluding hydrogens is 562 g/mol. The zero-order valence-electron chi connectivity index (χ0n) is 23.8. The molecule has 0 saturated carbocycles. The number of nitro benzene ring substituents is 1. The summed E-state index contributed by atoms with van der Waals surface area (Å²) in [4.78, 5) is 17.8. The molecule has 1 N–H and O–H groups in total. The number of rotatable bonds is 8. The van der Waals surface area contributed by atoms with Crippen LogP contribution in [0.4, 0.5) is 11.4 Å². The fraction of sp³-hybridized carbons (Fsp3) is 0.152. The Morgan fingerprint density at radius 1 is 0.930 bits per heavy atom. The molecular formula is C33H29N5O4S. The van der Waals surface area contributed by atoms with Crippen LogP contribution in [-0.4, -0.2) is 26.7 Å². The molecule has 43 heavy (non-hydrogen) atoms. The number of pyridine rings is 1. The first-order valence-electron chi connectivity index (χ1n) is 13.7. The number of thiocarbonyl (C=S) groups is 1. The van der Waals surface area contributed by atoms with Gasteiger partial charge in [0, 0.05) is 29.3 Å². The van der Waals surface area contributed by atoms with Crippen molar-refractivity contribution in [3.8, 4) is 22.9 Å². The van der Waals surface area contributed by atoms with Crippen molar-refractivity contribution in [1.82, 2.24) is 14.9 Å². The standard InChI is InChI=1S/C33H29N5O4S/c1-21-19-27(22(2)36(21)29-17-14-24(38(39)40)20-30(29)41-3)32-31(28-11-7-8-18-34-28)35-33(43)37(32)23-12-15-26(16-13-23)42-25-9-5-4-6-10-25/h4-20,31-32H,1-3H3,(H,35,43). The van der Waals surface area contributed by atoms with Crippen LogP contribution in [0.1, 0.15) is 34.7 Å². The van der Waals surface area contributed by atoms with Crippen LogP contribution in [0.25, 0.3) is 5.69 Å². The number of nitrogens with one attached hydrogen (secondary N) is 1. The van der Waals surface area contributed by atoms with E-state index in [1.54, 1.807) is 12.3 Å². The average molecular weight is 592 g/mol. The SMILES string of the molecule is COc1cc([N+](=O)[O-])ccc1-n1c(C)cc(C2C(c3ccccn3)NC(=S)N2c2ccc(Oc3ccccc3)cc2)c1C. The molecule has 5 aromatic rings. The van der Waals surface area contributed by atoms with Crippen molar-refractivity contribution in [3.63, 3.8) is 0 Å². The maximum absolute atomic E-state index is 11.4. The lowest BCUT2D eigenvalue weighted by atomic mass is 9.96. The Balaban J connectivity index is 1.43. The van der Waals surface area contributed by atoms with E-state index in [-0.39, 0.29) is 17.8 Å². The summed E-state index contributed by atoms with van der Waals surface area (Å²) in [5, 5.41) is 15.5. The van der Waals surface area contributed by atoms with Crippen molar-refractivity contribution in [2.45, 2.75) is 25.9 Å². The molecule has 0 amide bonds. The number of aromatic nitrogens is 2. The van der Waals surface area contributed by atoms with Gasteiger partial charge in [-0.3, -0.25) is 15.1 Å². The van der Waals surface area contributed by atoms with Gasteiger partial charge in [-0.15, -0.1) is 0 Å². The minimum Gasteiger partial charge on any atom is -0.494 e. The summed E-state index contributed by atoms with van der Waals surface area (Å²) in [6.45, 7) is 4.04. The number of para-hydroxylation sites is 1. The van der Waals surface area contributed by atoms with Crippen molar-refractivity contribution >= 4 is 28.7 Å². The molecule has 9 nitrogen and oxygen atoms in total. The summed E-state index contributed by atoms with van der Waals surface area (Å²) in [7, 11) is 1.51. The zero-order chi connectivity index (χ0) is 30.1. The van der Waals surface area contributed by atoms with Gasteiger partial charge in [-0.1, -0.05) is 24.3 Å². The monoisotopic (exact) mass is 591 g/mol. The summed E-state index contributed by atoms with van der Waals surface area (Å²) in [5.74, 6) is 1.89. The van der Waals surface area contributed by atoms with Gasteiger partial charge in [-0.25, -0.2) is 0 Å². The van der Waals surface area contributed by atoms with Crippen molar-refractivity contribution in [2.24, 2.45) is 0 Å². The summed E-state index contributed by atoms with van der Waals surface area (Å²) >= 11 is 5.93. The number of ether oxygens (including phenoxy) is 2. The Morgan fingerprint density at radius 2 is 1.65 bits per heavy atom. The van der Waals surface area contributed by atoms with Gasteiger partial charge in [0.1, 0.15) is 17.2 Å². The molecule has 6 rings (SSSR count). The van der Waals surface area contributed by atoms with Crippen LogP contribution in [0.3, 0.4) is 0 Å². The predicted molar refractivity (Wildman–Crippen MR) is 169 cm³/mol. The van der Waals surface area contributed by atoms with Crippen molar-refractivity contribution in [3.05, 3.63) is 136 Å². The molecule has 0 spiro atoms. The van der Waals surface area contributed by atoms with E-state index in [1.807, 2.05) is 86.6 Å². The first-order chi connectivity index (χ1) is 20.9. The first-order valence-corrected chi connectivity index (χ1v) is 14.1. The Bertz CT molecular complexity index is 1790. The van der Waals surface area contributed by atoms with Crippen molar-refractivity contribution in [1.29, 1.82) is 0 Å². The second-order valence-corrected chi connectivity index (χ2v) is 10.6. The number of hydrogen-bond acceptors (Lipinski definition) is 6. The molecule has 10 heteroatoms. The number of nitrogens with zero attached hydrogens (tertiary/aromatic N) is 4. The van der Waals surface area contributed by atoms with Crippen LogP contribution in [0, 0.1) is 24.0 Å². The maximum atomic E-state index is 11.4. The molecule has 1 saturated heterocycles. The fourth-order valence-corrected chi connectivity index (χ4v) is 6.02. The molecule has 216 valence electrons. The van der Waals surface area contributed by atoms with Crippen molar-refractivity contribution < 1.29 is 14.4 Å². The fourth-order valence-electron chi connectivity index (χ4n) is 5.67. The third-order valence-electron chi connectivity index (χ3n) is 7.60. The van der Waals surface area contributed by atoms with Crippen LogP contribution >= 0.6 is 12.2 Å². The molecule has 2 unspecified atom stereocenters. The summed E-state index contributed by atoms with van der Waals surface area (Å²) in [5.41, 5.74) is 5.38. The highest BCUT2D eigenvalue weighted by Gasteiger charge is 2.42. The van der Waals surface area contributed by atoms with Gasteiger partial charge in [-0.05, 0) is 92.3 Å². The molecule has 2 aromatic heterocycles. The van der Waals surface area contributed by atoms with E-state index in [0.29, 0.717) is 22.3 Å². The first kappa shape index (κ1) is 27.9. The Morgan fingerprint density at radius 3 is 2.33 bits per heavy atom. The lowest BCUT2D eigenvalue weighted by molar-refractivity contribution is -0.384. The van der Waals surface area contributed by atoms with Gasteiger partial charge in [0.25, 0.3) is 5.69 Å². The highest BCUT2D eigenvalue weighted by Crippen LogP contribution is 2.44. The van der Waals surface area contributed by atoms with Crippen LogP contribution in [-0.2, 0) is 0 Å². The van der Waals surface area contributed by atoms with Crippen molar-refractivity contribution in [2.75, 3.05) is 12.0 Å². The third-order valence-corrected chi connectivity index (χ3v) is 7.91. The third kappa shape index (κ3) is 5.28. The number of methoxy groups -OCH3 is 1. The van der Waals surface area contributed by atoms with Gasteiger partial charge >= 0.3 is 0 Å². The molecule has 3 heterocycles. The Kier molecular flexibility index (Phi) is 7.52. The lowest BCUT2D eigenvalue weighted by Crippen LogP contribution is -2.29. The van der Waals surface area contributed by atoms with E-state index >= 15 is 0 Å². The average Bonchev–Trinajstić information content (AvgIpc) is 3.52. The topological polar surface area (TPSA) is 94.7 Å². The Hall–Kier alpha value is -5.22. The smallest absolute Gasteiger partial charge is 0.273 e. The molecule has 0 radical (unpaired) electrons. The van der Waals surface area contributed by atoms with Crippen LogP contribution in [0.15, 0.2) is 103 Å². The van der Waals surface area contributed by atoms with Gasteiger partial charge in [0.05, 0.1) is 41.6 Å². The van der Waals surface area contributed by atoms with E-state index in [9.17, 15) is 10.1 Å². The second kappa shape index (κ2) is 11.6. The Labute approximate surface area is 254 Å². The number of benzene rings is 3. The summed E-state index contributed by atoms with van der Waals surface area (Å²) < 4.78 is 13.7. The summed E-state index contributed by atoms with van der Waals surface area (Å²) in [6, 6.07) is 29.7. The summed E-state index contributed by atoms with van der Waals surface area (Å²) in [6.07, 6.45) is 1.78. The minimum atomic E-state index is -0.427. The van der Waals surface area contributed by atoms with E-state index in [0.717, 1.165) is 34.1 Å². The number of aryl methyl sites for hydroxylation is 1. The highest BCUT2D eigenvalue weighted by atomic mass is 32.1. The van der Waals surface area contributed by atoms with E-state index in [4.69, 9.17) is 21.7 Å². The maximum Gasteiger partial charge on any atom is 0.273 e. The quantitative estimate of drug-likeness (QED) is 0.114. The van der Waals surface area contributed by atoms with E-state index in [1.165, 1.54) is 19.2 Å². The number of anilines is 1. The van der Waals surface area contributed by atoms with Crippen LogP contribution < -0.4 is 19.7 Å². The molecule has 1 aliphatic rings. The van der Waals surface area contributed by atoms with Crippen LogP contribution in [0.5, 0.6) is 17.2 Å². The molecule has 1 fully saturated rings. The van der Waals surface area contributed by atoms with Crippen LogP contribution in [0.2, 0.25) is 0 Å². The molecule has 0 aliphatic carbocycles. The van der Waals surface area contributed by atoms with E-state index in [2.05, 4.69) is 25.8 Å². The molecule has 0 bridgehead atoms. The highest BCUT2D eigenvalue weighted by molar-refractivity contribution is 7.80.